The highest BCUT2D eigenvalue weighted by Gasteiger charge is 2.30. The van der Waals surface area contributed by atoms with Gasteiger partial charge in [-0.25, -0.2) is 9.67 Å². The first-order valence-electron chi connectivity index (χ1n) is 6.24. The van der Waals surface area contributed by atoms with Crippen LogP contribution in [0.2, 0.25) is 0 Å². The molecular weight excluding hydrogens is 262 g/mol. The van der Waals surface area contributed by atoms with Crippen LogP contribution in [0.4, 0.5) is 0 Å². The van der Waals surface area contributed by atoms with Gasteiger partial charge in [-0.3, -0.25) is 4.79 Å². The molecule has 1 unspecified atom stereocenters. The number of carbonyl (C=O) groups excluding carboxylic acids is 1. The molecule has 1 atom stereocenters. The number of thiazole rings is 1. The van der Waals surface area contributed by atoms with Crippen molar-refractivity contribution >= 4 is 17.2 Å². The van der Waals surface area contributed by atoms with Crippen LogP contribution in [-0.2, 0) is 0 Å². The van der Waals surface area contributed by atoms with E-state index in [2.05, 4.69) is 15.3 Å². The predicted octanol–water partition coefficient (Wildman–Crippen LogP) is 1.44. The highest BCUT2D eigenvalue weighted by molar-refractivity contribution is 7.13. The molecule has 3 heterocycles. The molecule has 1 aliphatic heterocycles. The molecule has 19 heavy (non-hydrogen) atoms. The van der Waals surface area contributed by atoms with E-state index in [1.165, 1.54) is 11.3 Å². The molecule has 0 spiro atoms. The van der Waals surface area contributed by atoms with Crippen molar-refractivity contribution in [2.45, 2.75) is 26.3 Å². The number of nitrogens with zero attached hydrogens (tertiary/aromatic N) is 5. The summed E-state index contributed by atoms with van der Waals surface area (Å²) in [6, 6.07) is 0.237. The van der Waals surface area contributed by atoms with Gasteiger partial charge in [-0.1, -0.05) is 5.21 Å². The van der Waals surface area contributed by atoms with Crippen molar-refractivity contribution in [3.63, 3.8) is 0 Å². The fraction of sp³-hybridized carbons (Fsp3) is 0.500. The summed E-state index contributed by atoms with van der Waals surface area (Å²) in [5, 5.41) is 8.76. The smallest absolute Gasteiger partial charge is 0.265 e. The Labute approximate surface area is 115 Å². The molecule has 0 aromatic carbocycles. The number of likely N-dealkylation sites (tertiary alicyclic amines) is 1. The van der Waals surface area contributed by atoms with Gasteiger partial charge < -0.3 is 4.90 Å². The Morgan fingerprint density at radius 1 is 1.47 bits per heavy atom. The largest absolute Gasteiger partial charge is 0.336 e. The first-order valence-corrected chi connectivity index (χ1v) is 7.06. The molecule has 1 amide bonds. The number of aromatic nitrogens is 4. The Morgan fingerprint density at radius 2 is 2.32 bits per heavy atom. The van der Waals surface area contributed by atoms with Crippen molar-refractivity contribution in [3.05, 3.63) is 28.0 Å². The summed E-state index contributed by atoms with van der Waals surface area (Å²) in [5.74, 6) is 0.0886. The minimum Gasteiger partial charge on any atom is -0.336 e. The molecule has 0 radical (unpaired) electrons. The quantitative estimate of drug-likeness (QED) is 0.833. The molecule has 100 valence electrons. The van der Waals surface area contributed by atoms with Crippen LogP contribution in [0.5, 0.6) is 0 Å². The summed E-state index contributed by atoms with van der Waals surface area (Å²) < 4.78 is 1.83. The summed E-state index contributed by atoms with van der Waals surface area (Å²) in [4.78, 5) is 19.4. The second kappa shape index (κ2) is 4.73. The maximum absolute atomic E-state index is 12.4. The number of hydrogen-bond acceptors (Lipinski definition) is 5. The van der Waals surface area contributed by atoms with E-state index < -0.39 is 0 Å². The molecule has 0 saturated carbocycles. The SMILES string of the molecule is Cc1nc(C)c(C(=O)N2CCC(n3ccnn3)C2)s1. The Kier molecular flexibility index (Phi) is 3.06. The van der Waals surface area contributed by atoms with E-state index in [1.54, 1.807) is 6.20 Å². The zero-order valence-corrected chi connectivity index (χ0v) is 11.7. The molecule has 2 aromatic rings. The van der Waals surface area contributed by atoms with E-state index in [4.69, 9.17) is 0 Å². The molecule has 2 aromatic heterocycles. The predicted molar refractivity (Wildman–Crippen MR) is 71.2 cm³/mol. The average molecular weight is 277 g/mol. The van der Waals surface area contributed by atoms with Gasteiger partial charge in [0.15, 0.2) is 0 Å². The first-order chi connectivity index (χ1) is 9.15. The van der Waals surface area contributed by atoms with Gasteiger partial charge in [-0.2, -0.15) is 0 Å². The minimum absolute atomic E-state index is 0.0886. The molecule has 1 aliphatic rings. The van der Waals surface area contributed by atoms with Crippen molar-refractivity contribution in [1.29, 1.82) is 0 Å². The van der Waals surface area contributed by atoms with Gasteiger partial charge in [0.1, 0.15) is 4.88 Å². The average Bonchev–Trinajstić information content (AvgIpc) is 3.06. The van der Waals surface area contributed by atoms with Gasteiger partial charge in [0.05, 0.1) is 22.9 Å². The first kappa shape index (κ1) is 12.3. The van der Waals surface area contributed by atoms with Gasteiger partial charge in [-0.15, -0.1) is 16.4 Å². The van der Waals surface area contributed by atoms with Crippen LogP contribution in [0, 0.1) is 13.8 Å². The summed E-state index contributed by atoms with van der Waals surface area (Å²) in [7, 11) is 0. The van der Waals surface area contributed by atoms with Crippen LogP contribution in [-0.4, -0.2) is 43.9 Å². The topological polar surface area (TPSA) is 63.9 Å². The van der Waals surface area contributed by atoms with Crippen molar-refractivity contribution in [1.82, 2.24) is 24.9 Å². The molecule has 7 heteroatoms. The van der Waals surface area contributed by atoms with Crippen LogP contribution in [0.3, 0.4) is 0 Å². The van der Waals surface area contributed by atoms with Crippen LogP contribution < -0.4 is 0 Å². The number of amides is 1. The number of aryl methyl sites for hydroxylation is 2. The van der Waals surface area contributed by atoms with E-state index >= 15 is 0 Å². The number of hydrogen-bond donors (Lipinski definition) is 0. The van der Waals surface area contributed by atoms with E-state index in [0.717, 1.165) is 28.5 Å². The lowest BCUT2D eigenvalue weighted by Gasteiger charge is -2.15. The van der Waals surface area contributed by atoms with Crippen LogP contribution in [0.15, 0.2) is 12.4 Å². The van der Waals surface area contributed by atoms with E-state index in [9.17, 15) is 4.79 Å². The molecule has 0 aliphatic carbocycles. The molecular formula is C12H15N5OS. The van der Waals surface area contributed by atoms with Gasteiger partial charge in [0.2, 0.25) is 0 Å². The Balaban J connectivity index is 1.74. The van der Waals surface area contributed by atoms with Crippen molar-refractivity contribution < 1.29 is 4.79 Å². The number of rotatable bonds is 2. The summed E-state index contributed by atoms with van der Waals surface area (Å²) in [5.41, 5.74) is 0.830. The standard InChI is InChI=1S/C12H15N5OS/c1-8-11(19-9(2)14-8)12(18)16-5-3-10(7-16)17-6-4-13-15-17/h4,6,10H,3,5,7H2,1-2H3. The highest BCUT2D eigenvalue weighted by Crippen LogP contribution is 2.25. The van der Waals surface area contributed by atoms with Crippen molar-refractivity contribution in [2.75, 3.05) is 13.1 Å². The summed E-state index contributed by atoms with van der Waals surface area (Å²) >= 11 is 1.47. The second-order valence-corrected chi connectivity index (χ2v) is 5.93. The van der Waals surface area contributed by atoms with Crippen LogP contribution in [0.1, 0.15) is 32.8 Å². The Bertz CT molecular complexity index is 591. The number of carbonyl (C=O) groups is 1. The fourth-order valence-corrected chi connectivity index (χ4v) is 3.32. The van der Waals surface area contributed by atoms with E-state index in [1.807, 2.05) is 29.6 Å². The maximum atomic E-state index is 12.4. The third-order valence-corrected chi connectivity index (χ3v) is 4.42. The lowest BCUT2D eigenvalue weighted by molar-refractivity contribution is 0.0791. The van der Waals surface area contributed by atoms with Gasteiger partial charge in [0.25, 0.3) is 5.91 Å². The summed E-state index contributed by atoms with van der Waals surface area (Å²) in [6.45, 7) is 5.27. The normalized spacial score (nSPS) is 19.1. The third kappa shape index (κ3) is 2.25. The monoisotopic (exact) mass is 277 g/mol. The Hall–Kier alpha value is -1.76. The zero-order chi connectivity index (χ0) is 13.4. The van der Waals surface area contributed by atoms with E-state index in [-0.39, 0.29) is 11.9 Å². The maximum Gasteiger partial charge on any atom is 0.265 e. The van der Waals surface area contributed by atoms with Gasteiger partial charge >= 0.3 is 0 Å². The van der Waals surface area contributed by atoms with Crippen LogP contribution in [0.25, 0.3) is 0 Å². The van der Waals surface area contributed by atoms with Crippen molar-refractivity contribution in [2.24, 2.45) is 0 Å². The lowest BCUT2D eigenvalue weighted by atomic mass is 10.3. The molecule has 0 bridgehead atoms. The molecule has 3 rings (SSSR count). The molecule has 1 saturated heterocycles. The lowest BCUT2D eigenvalue weighted by Crippen LogP contribution is -2.29. The van der Waals surface area contributed by atoms with E-state index in [0.29, 0.717) is 6.54 Å². The molecule has 0 N–H and O–H groups in total. The fourth-order valence-electron chi connectivity index (χ4n) is 2.43. The molecule has 6 nitrogen and oxygen atoms in total. The molecule has 1 fully saturated rings. The van der Waals surface area contributed by atoms with Crippen LogP contribution >= 0.6 is 11.3 Å². The van der Waals surface area contributed by atoms with Gasteiger partial charge in [0, 0.05) is 19.3 Å². The summed E-state index contributed by atoms with van der Waals surface area (Å²) in [6.07, 6.45) is 4.44. The highest BCUT2D eigenvalue weighted by atomic mass is 32.1. The Morgan fingerprint density at radius 3 is 2.95 bits per heavy atom. The second-order valence-electron chi connectivity index (χ2n) is 4.72. The zero-order valence-electron chi connectivity index (χ0n) is 10.9. The minimum atomic E-state index is 0.0886. The van der Waals surface area contributed by atoms with Crippen molar-refractivity contribution in [3.8, 4) is 0 Å². The van der Waals surface area contributed by atoms with Gasteiger partial charge in [-0.05, 0) is 20.3 Å². The third-order valence-electron chi connectivity index (χ3n) is 3.36.